The Morgan fingerprint density at radius 2 is 1.29 bits per heavy atom. The van der Waals surface area contributed by atoms with Gasteiger partial charge in [-0.2, -0.15) is 0 Å². The zero-order valence-corrected chi connectivity index (χ0v) is 16.6. The fraction of sp³-hybridized carbons (Fsp3) is 0.875. The summed E-state index contributed by atoms with van der Waals surface area (Å²) in [6, 6.07) is 0.530. The van der Waals surface area contributed by atoms with Crippen LogP contribution in [0.15, 0.2) is 0 Å². The van der Waals surface area contributed by atoms with E-state index in [9.17, 15) is 9.59 Å². The van der Waals surface area contributed by atoms with Crippen molar-refractivity contribution in [1.82, 2.24) is 0 Å². The molecule has 0 saturated carbocycles. The van der Waals surface area contributed by atoms with Gasteiger partial charge in [0, 0.05) is 39.7 Å². The molecule has 1 heterocycles. The summed E-state index contributed by atoms with van der Waals surface area (Å²) in [4.78, 5) is 24.5. The van der Waals surface area contributed by atoms with E-state index in [0.717, 1.165) is 0 Å². The molecular formula is C16H30O7Si. The van der Waals surface area contributed by atoms with E-state index in [-0.39, 0.29) is 0 Å². The van der Waals surface area contributed by atoms with Crippen LogP contribution >= 0.6 is 0 Å². The van der Waals surface area contributed by atoms with Gasteiger partial charge in [0.15, 0.2) is 5.41 Å². The third kappa shape index (κ3) is 5.02. The van der Waals surface area contributed by atoms with Crippen LogP contribution in [0.2, 0.25) is 6.04 Å². The molecule has 140 valence electrons. The number of hydrogen-bond acceptors (Lipinski definition) is 7. The molecule has 0 spiro atoms. The molecule has 0 aromatic carbocycles. The Morgan fingerprint density at radius 1 is 0.875 bits per heavy atom. The van der Waals surface area contributed by atoms with E-state index in [1.165, 1.54) is 0 Å². The Labute approximate surface area is 145 Å². The Bertz CT molecular complexity index is 413. The molecule has 1 saturated heterocycles. The molecule has 8 heteroatoms. The molecule has 1 aliphatic heterocycles. The highest BCUT2D eigenvalue weighted by Crippen LogP contribution is 2.37. The average Bonchev–Trinajstić information content (AvgIpc) is 2.45. The fourth-order valence-corrected chi connectivity index (χ4v) is 5.25. The summed E-state index contributed by atoms with van der Waals surface area (Å²) in [5, 5.41) is 0. The Balaban J connectivity index is 2.75. The largest absolute Gasteiger partial charge is 0.500 e. The van der Waals surface area contributed by atoms with Crippen molar-refractivity contribution < 1.29 is 32.3 Å². The van der Waals surface area contributed by atoms with Crippen LogP contribution in [0.5, 0.6) is 0 Å². The molecule has 1 fully saturated rings. The van der Waals surface area contributed by atoms with Gasteiger partial charge in [0.1, 0.15) is 0 Å². The minimum absolute atomic E-state index is 0.294. The van der Waals surface area contributed by atoms with E-state index in [1.807, 2.05) is 20.8 Å². The molecule has 24 heavy (non-hydrogen) atoms. The van der Waals surface area contributed by atoms with Crippen LogP contribution in [0.3, 0.4) is 0 Å². The molecule has 0 bridgehead atoms. The van der Waals surface area contributed by atoms with Crippen LogP contribution in [0.25, 0.3) is 0 Å². The van der Waals surface area contributed by atoms with E-state index in [2.05, 4.69) is 0 Å². The fourth-order valence-electron chi connectivity index (χ4n) is 2.64. The van der Waals surface area contributed by atoms with Gasteiger partial charge in [0.05, 0.1) is 0 Å². The third-order valence-electron chi connectivity index (χ3n) is 3.83. The second-order valence-electron chi connectivity index (χ2n) is 6.35. The summed E-state index contributed by atoms with van der Waals surface area (Å²) in [6.45, 7) is 11.8. The normalized spacial score (nSPS) is 19.8. The van der Waals surface area contributed by atoms with Crippen molar-refractivity contribution in [2.45, 2.75) is 66.2 Å². The zero-order chi connectivity index (χ0) is 18.4. The molecule has 0 radical (unpaired) electrons. The number of hydrogen-bond donors (Lipinski definition) is 0. The van der Waals surface area contributed by atoms with Gasteiger partial charge in [-0.15, -0.1) is 0 Å². The summed E-state index contributed by atoms with van der Waals surface area (Å²) < 4.78 is 27.8. The summed E-state index contributed by atoms with van der Waals surface area (Å²) in [7, 11) is -2.79. The van der Waals surface area contributed by atoms with E-state index in [1.54, 1.807) is 20.8 Å². The maximum atomic E-state index is 12.3. The van der Waals surface area contributed by atoms with Gasteiger partial charge in [0.25, 0.3) is 5.79 Å². The van der Waals surface area contributed by atoms with Gasteiger partial charge in [-0.3, -0.25) is 9.59 Å². The van der Waals surface area contributed by atoms with E-state index < -0.39 is 31.9 Å². The van der Waals surface area contributed by atoms with Gasteiger partial charge >= 0.3 is 20.7 Å². The predicted octanol–water partition coefficient (Wildman–Crippen LogP) is 2.66. The van der Waals surface area contributed by atoms with Crippen LogP contribution in [0.4, 0.5) is 0 Å². The summed E-state index contributed by atoms with van der Waals surface area (Å²) in [5.74, 6) is -2.32. The zero-order valence-electron chi connectivity index (χ0n) is 15.6. The maximum Gasteiger partial charge on any atom is 0.500 e. The second kappa shape index (κ2) is 8.42. The molecule has 7 nitrogen and oxygen atoms in total. The first-order chi connectivity index (χ1) is 11.1. The van der Waals surface area contributed by atoms with Crippen LogP contribution in [0.1, 0.15) is 54.4 Å². The number of ether oxygens (including phenoxy) is 2. The van der Waals surface area contributed by atoms with Gasteiger partial charge < -0.3 is 22.8 Å². The van der Waals surface area contributed by atoms with Crippen molar-refractivity contribution in [1.29, 1.82) is 0 Å². The quantitative estimate of drug-likeness (QED) is 0.336. The Kier molecular flexibility index (Phi) is 7.39. The third-order valence-corrected chi connectivity index (χ3v) is 6.98. The molecule has 0 N–H and O–H groups in total. The second-order valence-corrected chi connectivity index (χ2v) is 9.08. The lowest BCUT2D eigenvalue weighted by Crippen LogP contribution is -2.52. The smallest absolute Gasteiger partial charge is 0.422 e. The van der Waals surface area contributed by atoms with Crippen molar-refractivity contribution in [3.63, 3.8) is 0 Å². The first kappa shape index (κ1) is 21.1. The van der Waals surface area contributed by atoms with Crippen molar-refractivity contribution in [2.75, 3.05) is 19.8 Å². The molecule has 0 atom stereocenters. The van der Waals surface area contributed by atoms with Crippen molar-refractivity contribution in [3.8, 4) is 0 Å². The molecule has 0 unspecified atom stereocenters. The highest BCUT2D eigenvalue weighted by molar-refractivity contribution is 6.60. The maximum absolute atomic E-state index is 12.3. The lowest BCUT2D eigenvalue weighted by atomic mass is 9.85. The minimum Gasteiger partial charge on any atom is -0.422 e. The summed E-state index contributed by atoms with van der Waals surface area (Å²) >= 11 is 0. The Hall–Kier alpha value is -0.963. The van der Waals surface area contributed by atoms with E-state index in [4.69, 9.17) is 22.8 Å². The monoisotopic (exact) mass is 362 g/mol. The van der Waals surface area contributed by atoms with E-state index in [0.29, 0.717) is 38.7 Å². The van der Waals surface area contributed by atoms with Crippen molar-refractivity contribution >= 4 is 20.7 Å². The average molecular weight is 362 g/mol. The molecule has 1 aliphatic rings. The predicted molar refractivity (Wildman–Crippen MR) is 89.0 cm³/mol. The number of rotatable bonds is 10. The molecular weight excluding hydrogens is 332 g/mol. The number of carbonyl (C=O) groups excluding carboxylic acids is 2. The lowest BCUT2D eigenvalue weighted by Gasteiger charge is -2.38. The topological polar surface area (TPSA) is 80.3 Å². The molecule has 0 amide bonds. The van der Waals surface area contributed by atoms with Crippen LogP contribution in [-0.4, -0.2) is 46.4 Å². The van der Waals surface area contributed by atoms with Gasteiger partial charge in [-0.1, -0.05) is 0 Å². The van der Waals surface area contributed by atoms with Crippen LogP contribution in [-0.2, 0) is 32.3 Å². The van der Waals surface area contributed by atoms with Crippen molar-refractivity contribution in [3.05, 3.63) is 0 Å². The van der Waals surface area contributed by atoms with Gasteiger partial charge in [-0.25, -0.2) is 0 Å². The van der Waals surface area contributed by atoms with Crippen LogP contribution < -0.4 is 0 Å². The summed E-state index contributed by atoms with van der Waals surface area (Å²) in [5.41, 5.74) is -1.31. The van der Waals surface area contributed by atoms with Crippen molar-refractivity contribution in [2.24, 2.45) is 5.41 Å². The minimum atomic E-state index is -2.79. The lowest BCUT2D eigenvalue weighted by molar-refractivity contribution is -0.250. The number of carbonyl (C=O) groups is 2. The molecule has 0 aliphatic carbocycles. The standard InChI is InChI=1S/C16H30O7Si/c1-7-19-24(20-8-2,21-9-3)12-10-11-16(6)13(17)22-15(4,5)23-14(16)18/h7-12H2,1-6H3. The van der Waals surface area contributed by atoms with Gasteiger partial charge in [-0.05, 0) is 40.5 Å². The Morgan fingerprint density at radius 3 is 1.67 bits per heavy atom. The molecule has 0 aromatic heterocycles. The first-order valence-electron chi connectivity index (χ1n) is 8.53. The molecule has 1 rings (SSSR count). The van der Waals surface area contributed by atoms with E-state index >= 15 is 0 Å². The van der Waals surface area contributed by atoms with Gasteiger partial charge in [0.2, 0.25) is 0 Å². The first-order valence-corrected chi connectivity index (χ1v) is 10.5. The molecule has 0 aromatic rings. The number of cyclic esters (lactones) is 2. The number of esters is 2. The SMILES string of the molecule is CCO[Si](CCCC1(C)C(=O)OC(C)(C)OC1=O)(OCC)OCC. The highest BCUT2D eigenvalue weighted by atomic mass is 28.4. The summed E-state index contributed by atoms with van der Waals surface area (Å²) in [6.07, 6.45) is 0.829. The van der Waals surface area contributed by atoms with Crippen LogP contribution in [0, 0.1) is 5.41 Å². The highest BCUT2D eigenvalue weighted by Gasteiger charge is 2.53.